The van der Waals surface area contributed by atoms with Crippen molar-refractivity contribution in [1.82, 2.24) is 5.48 Å². The number of methoxy groups -OCH3 is 2. The van der Waals surface area contributed by atoms with Crippen LogP contribution in [0.4, 0.5) is 5.69 Å². The minimum absolute atomic E-state index is 0.195. The molecule has 0 fully saturated rings. The van der Waals surface area contributed by atoms with Crippen LogP contribution in [0.1, 0.15) is 18.1 Å². The molecule has 2 rings (SSSR count). The maximum absolute atomic E-state index is 12.2. The van der Waals surface area contributed by atoms with E-state index in [4.69, 9.17) is 14.3 Å². The molecule has 0 radical (unpaired) electrons. The summed E-state index contributed by atoms with van der Waals surface area (Å²) >= 11 is 0. The average molecular weight is 368 g/mol. The summed E-state index contributed by atoms with van der Waals surface area (Å²) in [5.74, 6) is -0.859. The third-order valence-electron chi connectivity index (χ3n) is 3.40. The molecule has 0 aliphatic carbocycles. The quantitative estimate of drug-likeness (QED) is 0.218. The third kappa shape index (κ3) is 5.43. The summed E-state index contributed by atoms with van der Waals surface area (Å²) in [4.78, 5) is 32.9. The van der Waals surface area contributed by atoms with Gasteiger partial charge in [-0.05, 0) is 12.1 Å². The Labute approximate surface area is 157 Å². The van der Waals surface area contributed by atoms with E-state index in [0.717, 1.165) is 0 Å². The molecule has 0 amide bonds. The normalized spacial score (nSPS) is 11.5. The Kier molecular flexibility index (Phi) is 7.13. The molecule has 0 saturated heterocycles. The number of rotatable bonds is 5. The third-order valence-corrected chi connectivity index (χ3v) is 3.40. The summed E-state index contributed by atoms with van der Waals surface area (Å²) in [7, 11) is 2.71. The lowest BCUT2D eigenvalue weighted by atomic mass is 9.99. The monoisotopic (exact) mass is 368 g/mol. The fourth-order valence-corrected chi connectivity index (χ4v) is 2.26. The summed E-state index contributed by atoms with van der Waals surface area (Å²) in [6, 6.07) is 16.1. The van der Waals surface area contributed by atoms with Gasteiger partial charge >= 0.3 is 11.9 Å². The van der Waals surface area contributed by atoms with Gasteiger partial charge in [-0.25, -0.2) is 9.79 Å². The number of nitrogens with one attached hydrogen (secondary N) is 1. The Hall–Kier alpha value is -3.61. The number of nitrogens with zero attached hydrogens (tertiary/aromatic N) is 1. The number of para-hydroxylation sites is 1. The Balaban J connectivity index is 2.59. The summed E-state index contributed by atoms with van der Waals surface area (Å²) in [6.07, 6.45) is 1.29. The second kappa shape index (κ2) is 9.76. The van der Waals surface area contributed by atoms with Crippen molar-refractivity contribution in [3.63, 3.8) is 0 Å². The first-order chi connectivity index (χ1) is 13.1. The van der Waals surface area contributed by atoms with E-state index in [1.54, 1.807) is 36.4 Å². The predicted octanol–water partition coefficient (Wildman–Crippen LogP) is 2.99. The molecule has 2 aromatic carbocycles. The highest BCUT2D eigenvalue weighted by Gasteiger charge is 2.20. The molecule has 27 heavy (non-hydrogen) atoms. The van der Waals surface area contributed by atoms with E-state index in [0.29, 0.717) is 16.8 Å². The molecule has 0 heterocycles. The highest BCUT2D eigenvalue weighted by atomic mass is 16.7. The van der Waals surface area contributed by atoms with Crippen molar-refractivity contribution >= 4 is 29.0 Å². The topological polar surface area (TPSA) is 86.2 Å². The highest BCUT2D eigenvalue weighted by Crippen LogP contribution is 2.23. The zero-order chi connectivity index (χ0) is 19.6. The van der Waals surface area contributed by atoms with Crippen molar-refractivity contribution in [3.8, 4) is 0 Å². The number of esters is 1. The average Bonchev–Trinajstić information content (AvgIpc) is 2.69. The Morgan fingerprint density at radius 3 is 2.19 bits per heavy atom. The number of carbonyl (C=O) groups excluding carboxylic acids is 2. The van der Waals surface area contributed by atoms with Crippen LogP contribution < -0.4 is 5.48 Å². The lowest BCUT2D eigenvalue weighted by Crippen LogP contribution is -2.28. The number of aliphatic imine (C=N–C) groups is 1. The first-order valence-corrected chi connectivity index (χ1v) is 8.05. The zero-order valence-electron chi connectivity index (χ0n) is 15.3. The van der Waals surface area contributed by atoms with E-state index in [1.165, 1.54) is 27.4 Å². The van der Waals surface area contributed by atoms with Gasteiger partial charge < -0.3 is 14.3 Å². The summed E-state index contributed by atoms with van der Waals surface area (Å²) in [6.45, 7) is 1.27. The standard InChI is InChI=1S/C20H20N2O5/c1-14(23)27-22-19(21-15-9-5-4-6-10-15)17-12-8-7-11-16(17)18(13-25-2)20(24)26-3/h4-13H,1-3H3,(H,21,22)/b18-13+. The maximum atomic E-state index is 12.2. The fraction of sp³-hybridized carbons (Fsp3) is 0.150. The first kappa shape index (κ1) is 19.7. The second-order valence-corrected chi connectivity index (χ2v) is 5.30. The van der Waals surface area contributed by atoms with Crippen LogP contribution in [0.5, 0.6) is 0 Å². The van der Waals surface area contributed by atoms with Crippen molar-refractivity contribution in [2.75, 3.05) is 14.2 Å². The Morgan fingerprint density at radius 2 is 1.59 bits per heavy atom. The van der Waals surface area contributed by atoms with Gasteiger partial charge in [0.2, 0.25) is 0 Å². The molecule has 0 atom stereocenters. The number of benzene rings is 2. The largest absolute Gasteiger partial charge is 0.503 e. The first-order valence-electron chi connectivity index (χ1n) is 8.05. The number of hydrogen-bond donors (Lipinski definition) is 1. The van der Waals surface area contributed by atoms with Gasteiger partial charge in [0.15, 0.2) is 5.84 Å². The van der Waals surface area contributed by atoms with E-state index >= 15 is 0 Å². The molecule has 1 N–H and O–H groups in total. The Morgan fingerprint density at radius 1 is 0.963 bits per heavy atom. The van der Waals surface area contributed by atoms with E-state index in [1.807, 2.05) is 18.2 Å². The summed E-state index contributed by atoms with van der Waals surface area (Å²) in [5, 5.41) is 0. The number of ether oxygens (including phenoxy) is 2. The van der Waals surface area contributed by atoms with Crippen LogP contribution in [0, 0.1) is 0 Å². The van der Waals surface area contributed by atoms with E-state index in [-0.39, 0.29) is 11.4 Å². The van der Waals surface area contributed by atoms with Crippen molar-refractivity contribution in [2.45, 2.75) is 6.92 Å². The van der Waals surface area contributed by atoms with Gasteiger partial charge in [0, 0.05) is 18.1 Å². The van der Waals surface area contributed by atoms with Crippen molar-refractivity contribution < 1.29 is 23.9 Å². The smallest absolute Gasteiger partial charge is 0.341 e. The van der Waals surface area contributed by atoms with Crippen LogP contribution in [0.2, 0.25) is 0 Å². The van der Waals surface area contributed by atoms with Crippen LogP contribution >= 0.6 is 0 Å². The van der Waals surface area contributed by atoms with E-state index in [9.17, 15) is 9.59 Å². The number of hydroxylamine groups is 1. The minimum Gasteiger partial charge on any atom is -0.503 e. The fourth-order valence-electron chi connectivity index (χ4n) is 2.26. The molecular weight excluding hydrogens is 348 g/mol. The van der Waals surface area contributed by atoms with Crippen molar-refractivity contribution in [2.24, 2.45) is 4.99 Å². The van der Waals surface area contributed by atoms with Gasteiger partial charge in [0.25, 0.3) is 0 Å². The van der Waals surface area contributed by atoms with Crippen molar-refractivity contribution in [1.29, 1.82) is 0 Å². The molecule has 140 valence electrons. The van der Waals surface area contributed by atoms with Crippen LogP contribution in [-0.2, 0) is 23.9 Å². The van der Waals surface area contributed by atoms with E-state index in [2.05, 4.69) is 10.5 Å². The molecule has 7 nitrogen and oxygen atoms in total. The second-order valence-electron chi connectivity index (χ2n) is 5.30. The highest BCUT2D eigenvalue weighted by molar-refractivity contribution is 6.19. The molecule has 0 bridgehead atoms. The molecule has 0 saturated carbocycles. The minimum atomic E-state index is -0.573. The van der Waals surface area contributed by atoms with Gasteiger partial charge in [-0.3, -0.25) is 4.79 Å². The number of amidine groups is 1. The lowest BCUT2D eigenvalue weighted by Gasteiger charge is -2.14. The molecule has 0 aromatic heterocycles. The molecule has 2 aromatic rings. The number of carbonyl (C=O) groups is 2. The van der Waals surface area contributed by atoms with Gasteiger partial charge in [-0.2, -0.15) is 5.48 Å². The van der Waals surface area contributed by atoms with Crippen LogP contribution in [0.25, 0.3) is 5.57 Å². The SMILES string of the molecule is CO/C=C(/C(=O)OC)c1ccccc1C(=Nc1ccccc1)NOC(C)=O. The molecule has 0 aliphatic rings. The Bertz CT molecular complexity index is 860. The van der Waals surface area contributed by atoms with Gasteiger partial charge in [0.1, 0.15) is 5.57 Å². The molecule has 0 spiro atoms. The van der Waals surface area contributed by atoms with Crippen LogP contribution in [0.15, 0.2) is 65.9 Å². The van der Waals surface area contributed by atoms with Gasteiger partial charge in [0.05, 0.1) is 26.2 Å². The zero-order valence-corrected chi connectivity index (χ0v) is 15.3. The summed E-state index contributed by atoms with van der Waals surface area (Å²) in [5.41, 5.74) is 4.42. The molecule has 0 unspecified atom stereocenters. The van der Waals surface area contributed by atoms with E-state index < -0.39 is 11.9 Å². The maximum Gasteiger partial charge on any atom is 0.341 e. The van der Waals surface area contributed by atoms with Crippen LogP contribution in [-0.4, -0.2) is 32.0 Å². The predicted molar refractivity (Wildman–Crippen MR) is 101 cm³/mol. The van der Waals surface area contributed by atoms with Gasteiger partial charge in [-0.1, -0.05) is 42.5 Å². The van der Waals surface area contributed by atoms with Gasteiger partial charge in [-0.15, -0.1) is 0 Å². The lowest BCUT2D eigenvalue weighted by molar-refractivity contribution is -0.145. The number of hydrogen-bond acceptors (Lipinski definition) is 6. The van der Waals surface area contributed by atoms with Crippen molar-refractivity contribution in [3.05, 3.63) is 72.0 Å². The summed E-state index contributed by atoms with van der Waals surface area (Å²) < 4.78 is 9.86. The molecule has 7 heteroatoms. The van der Waals surface area contributed by atoms with Crippen LogP contribution in [0.3, 0.4) is 0 Å². The molecular formula is C20H20N2O5. The molecule has 0 aliphatic heterocycles.